The van der Waals surface area contributed by atoms with Crippen molar-refractivity contribution in [1.82, 2.24) is 0 Å². The van der Waals surface area contributed by atoms with Gasteiger partial charge in [0.2, 0.25) is 0 Å². The van der Waals surface area contributed by atoms with E-state index in [9.17, 15) is 4.79 Å². The van der Waals surface area contributed by atoms with Gasteiger partial charge in [-0.25, -0.2) is 4.79 Å². The molecule has 2 rings (SSSR count). The molecule has 1 aliphatic rings. The molecule has 1 aromatic carbocycles. The van der Waals surface area contributed by atoms with Crippen LogP contribution in [0.25, 0.3) is 0 Å². The Morgan fingerprint density at radius 3 is 2.74 bits per heavy atom. The van der Waals surface area contributed by atoms with Crippen molar-refractivity contribution in [2.45, 2.75) is 26.3 Å². The van der Waals surface area contributed by atoms with Gasteiger partial charge in [0.05, 0.1) is 6.61 Å². The molecule has 1 N–H and O–H groups in total. The summed E-state index contributed by atoms with van der Waals surface area (Å²) in [5.41, 5.74) is 0.823. The molecule has 104 valence electrons. The minimum Gasteiger partial charge on any atom is -0.486 e. The van der Waals surface area contributed by atoms with E-state index < -0.39 is 0 Å². The highest BCUT2D eigenvalue weighted by Crippen LogP contribution is 2.32. The molecule has 5 heteroatoms. The Hall–Kier alpha value is -1.91. The van der Waals surface area contributed by atoms with Gasteiger partial charge < -0.3 is 19.5 Å². The SMILES string of the molecule is CCOC(=O)C(CC)Nc1ccc2c(c1)OCCO2. The zero-order valence-corrected chi connectivity index (χ0v) is 11.3. The number of hydrogen-bond donors (Lipinski definition) is 1. The smallest absolute Gasteiger partial charge is 0.328 e. The predicted molar refractivity (Wildman–Crippen MR) is 71.8 cm³/mol. The summed E-state index contributed by atoms with van der Waals surface area (Å²) in [6.07, 6.45) is 0.660. The van der Waals surface area contributed by atoms with Gasteiger partial charge in [0.15, 0.2) is 11.5 Å². The van der Waals surface area contributed by atoms with Crippen LogP contribution in [0, 0.1) is 0 Å². The standard InChI is InChI=1S/C14H19NO4/c1-3-11(14(16)17-4-2)15-10-5-6-12-13(9-10)19-8-7-18-12/h5-6,9,11,15H,3-4,7-8H2,1-2H3. The number of rotatable bonds is 5. The lowest BCUT2D eigenvalue weighted by Gasteiger charge is -2.21. The van der Waals surface area contributed by atoms with Crippen LogP contribution < -0.4 is 14.8 Å². The van der Waals surface area contributed by atoms with Crippen molar-refractivity contribution >= 4 is 11.7 Å². The van der Waals surface area contributed by atoms with E-state index >= 15 is 0 Å². The molecule has 0 spiro atoms. The maximum absolute atomic E-state index is 11.7. The van der Waals surface area contributed by atoms with Crippen molar-refractivity contribution in [3.05, 3.63) is 18.2 Å². The molecule has 5 nitrogen and oxygen atoms in total. The van der Waals surface area contributed by atoms with Crippen LogP contribution >= 0.6 is 0 Å². The summed E-state index contributed by atoms with van der Waals surface area (Å²) in [7, 11) is 0. The first kappa shape index (κ1) is 13.5. The number of hydrogen-bond acceptors (Lipinski definition) is 5. The fraction of sp³-hybridized carbons (Fsp3) is 0.500. The lowest BCUT2D eigenvalue weighted by Crippen LogP contribution is -2.30. The van der Waals surface area contributed by atoms with Crippen LogP contribution in [0.3, 0.4) is 0 Å². The third-order valence-electron chi connectivity index (χ3n) is 2.86. The quantitative estimate of drug-likeness (QED) is 0.827. The first-order valence-corrected chi connectivity index (χ1v) is 6.57. The summed E-state index contributed by atoms with van der Waals surface area (Å²) in [5, 5.41) is 3.15. The van der Waals surface area contributed by atoms with Crippen LogP contribution in [-0.4, -0.2) is 31.8 Å². The molecule has 1 heterocycles. The number of ether oxygens (including phenoxy) is 3. The monoisotopic (exact) mass is 265 g/mol. The molecule has 1 unspecified atom stereocenters. The van der Waals surface area contributed by atoms with E-state index in [4.69, 9.17) is 14.2 Å². The van der Waals surface area contributed by atoms with Gasteiger partial charge in [-0.05, 0) is 25.5 Å². The van der Waals surface area contributed by atoms with Crippen molar-refractivity contribution in [1.29, 1.82) is 0 Å². The number of carbonyl (C=O) groups is 1. The molecule has 0 fully saturated rings. The van der Waals surface area contributed by atoms with Gasteiger partial charge in [-0.3, -0.25) is 0 Å². The van der Waals surface area contributed by atoms with E-state index in [1.807, 2.05) is 25.1 Å². The Morgan fingerprint density at radius 1 is 1.32 bits per heavy atom. The van der Waals surface area contributed by atoms with Crippen molar-refractivity contribution in [3.63, 3.8) is 0 Å². The van der Waals surface area contributed by atoms with E-state index in [-0.39, 0.29) is 12.0 Å². The maximum Gasteiger partial charge on any atom is 0.328 e. The molecule has 0 amide bonds. The van der Waals surface area contributed by atoms with Gasteiger partial charge in [-0.1, -0.05) is 6.92 Å². The summed E-state index contributed by atoms with van der Waals surface area (Å²) in [6.45, 7) is 5.24. The lowest BCUT2D eigenvalue weighted by molar-refractivity contribution is -0.144. The average molecular weight is 265 g/mol. The van der Waals surface area contributed by atoms with Gasteiger partial charge >= 0.3 is 5.97 Å². The van der Waals surface area contributed by atoms with E-state index in [1.165, 1.54) is 0 Å². The molecular formula is C14H19NO4. The van der Waals surface area contributed by atoms with Crippen LogP contribution in [0.15, 0.2) is 18.2 Å². The Balaban J connectivity index is 2.07. The molecule has 19 heavy (non-hydrogen) atoms. The second-order valence-electron chi connectivity index (χ2n) is 4.22. The van der Waals surface area contributed by atoms with Crippen LogP contribution in [0.1, 0.15) is 20.3 Å². The van der Waals surface area contributed by atoms with Gasteiger partial charge in [-0.2, -0.15) is 0 Å². The number of nitrogens with one attached hydrogen (secondary N) is 1. The largest absolute Gasteiger partial charge is 0.486 e. The van der Waals surface area contributed by atoms with Crippen LogP contribution in [-0.2, 0) is 9.53 Å². The fourth-order valence-electron chi connectivity index (χ4n) is 1.90. The van der Waals surface area contributed by atoms with E-state index in [0.29, 0.717) is 32.0 Å². The predicted octanol–water partition coefficient (Wildman–Crippen LogP) is 2.21. The number of anilines is 1. The molecular weight excluding hydrogens is 246 g/mol. The number of esters is 1. The molecule has 0 aromatic heterocycles. The highest BCUT2D eigenvalue weighted by Gasteiger charge is 2.18. The Bertz CT molecular complexity index is 447. The second-order valence-corrected chi connectivity index (χ2v) is 4.22. The van der Waals surface area contributed by atoms with Crippen molar-refractivity contribution in [2.24, 2.45) is 0 Å². The van der Waals surface area contributed by atoms with E-state index in [2.05, 4.69) is 5.32 Å². The zero-order valence-electron chi connectivity index (χ0n) is 11.3. The zero-order chi connectivity index (χ0) is 13.7. The Kier molecular flexibility index (Phi) is 4.49. The maximum atomic E-state index is 11.7. The molecule has 0 aliphatic carbocycles. The molecule has 1 aromatic rings. The van der Waals surface area contributed by atoms with E-state index in [1.54, 1.807) is 6.92 Å². The normalized spacial score (nSPS) is 14.6. The highest BCUT2D eigenvalue weighted by atomic mass is 16.6. The molecule has 1 aliphatic heterocycles. The van der Waals surface area contributed by atoms with E-state index in [0.717, 1.165) is 11.4 Å². The first-order valence-electron chi connectivity index (χ1n) is 6.57. The van der Waals surface area contributed by atoms with Gasteiger partial charge in [-0.15, -0.1) is 0 Å². The number of carbonyl (C=O) groups excluding carboxylic acids is 1. The van der Waals surface area contributed by atoms with Gasteiger partial charge in [0.1, 0.15) is 19.3 Å². The van der Waals surface area contributed by atoms with Gasteiger partial charge in [0.25, 0.3) is 0 Å². The van der Waals surface area contributed by atoms with Crippen LogP contribution in [0.2, 0.25) is 0 Å². The number of benzene rings is 1. The average Bonchev–Trinajstić information content (AvgIpc) is 2.44. The van der Waals surface area contributed by atoms with Gasteiger partial charge in [0, 0.05) is 11.8 Å². The van der Waals surface area contributed by atoms with Crippen molar-refractivity contribution < 1.29 is 19.0 Å². The summed E-state index contributed by atoms with van der Waals surface area (Å²) < 4.78 is 16.0. The fourth-order valence-corrected chi connectivity index (χ4v) is 1.90. The summed E-state index contributed by atoms with van der Waals surface area (Å²) >= 11 is 0. The van der Waals surface area contributed by atoms with Crippen LogP contribution in [0.4, 0.5) is 5.69 Å². The summed E-state index contributed by atoms with van der Waals surface area (Å²) in [4.78, 5) is 11.7. The van der Waals surface area contributed by atoms with Crippen LogP contribution in [0.5, 0.6) is 11.5 Å². The van der Waals surface area contributed by atoms with Crippen molar-refractivity contribution in [3.8, 4) is 11.5 Å². The minimum absolute atomic E-state index is 0.236. The Morgan fingerprint density at radius 2 is 2.05 bits per heavy atom. The summed E-state index contributed by atoms with van der Waals surface area (Å²) in [6, 6.07) is 5.21. The third-order valence-corrected chi connectivity index (χ3v) is 2.86. The second kappa shape index (κ2) is 6.31. The lowest BCUT2D eigenvalue weighted by atomic mass is 10.2. The Labute approximate surface area is 112 Å². The molecule has 0 bridgehead atoms. The molecule has 0 saturated carbocycles. The molecule has 0 radical (unpaired) electrons. The third kappa shape index (κ3) is 3.30. The topological polar surface area (TPSA) is 56.8 Å². The van der Waals surface area contributed by atoms with Crippen molar-refractivity contribution in [2.75, 3.05) is 25.1 Å². The molecule has 0 saturated heterocycles. The minimum atomic E-state index is -0.345. The summed E-state index contributed by atoms with van der Waals surface area (Å²) in [5.74, 6) is 1.20. The highest BCUT2D eigenvalue weighted by molar-refractivity contribution is 5.79. The molecule has 1 atom stereocenters. The number of fused-ring (bicyclic) bond motifs is 1. The first-order chi connectivity index (χ1) is 9.24.